The van der Waals surface area contributed by atoms with Crippen molar-refractivity contribution in [2.45, 2.75) is 50.9 Å². The molecule has 2 atom stereocenters. The minimum Gasteiger partial charge on any atom is -0.382 e. The molecule has 1 nitrogen and oxygen atoms in total. The summed E-state index contributed by atoms with van der Waals surface area (Å²) in [6.07, 6.45) is 1.28. The number of benzene rings is 1. The topological polar surface area (TPSA) is 12.0 Å². The summed E-state index contributed by atoms with van der Waals surface area (Å²) >= 11 is 3.58. The van der Waals surface area contributed by atoms with Crippen molar-refractivity contribution in [3.05, 3.63) is 28.2 Å². The molecule has 2 rings (SSSR count). The first kappa shape index (κ1) is 13.2. The molecule has 1 aromatic carbocycles. The second-order valence-electron chi connectivity index (χ2n) is 5.18. The van der Waals surface area contributed by atoms with Gasteiger partial charge in [-0.1, -0.05) is 41.9 Å². The molecule has 0 amide bonds. The molecule has 17 heavy (non-hydrogen) atoms. The number of fused-ring (bicyclic) bond motifs is 1. The van der Waals surface area contributed by atoms with Gasteiger partial charge in [-0.05, 0) is 42.6 Å². The van der Waals surface area contributed by atoms with Crippen LogP contribution in [0.25, 0.3) is 0 Å². The highest BCUT2D eigenvalue weighted by atomic mass is 79.9. The summed E-state index contributed by atoms with van der Waals surface area (Å²) in [7, 11) is -0.584. The SMILES string of the molecule is CC[SiH](CC)[C@@H]1Cc2cc(Br)ccc2NC1C. The Morgan fingerprint density at radius 1 is 1.35 bits per heavy atom. The number of hydrogen-bond acceptors (Lipinski definition) is 1. The zero-order valence-corrected chi connectivity index (χ0v) is 13.7. The molecule has 1 N–H and O–H groups in total. The van der Waals surface area contributed by atoms with Gasteiger partial charge in [0.2, 0.25) is 0 Å². The first-order chi connectivity index (χ1) is 8.15. The second-order valence-corrected chi connectivity index (χ2v) is 10.1. The van der Waals surface area contributed by atoms with Crippen LogP contribution in [0, 0.1) is 0 Å². The van der Waals surface area contributed by atoms with Crippen molar-refractivity contribution < 1.29 is 0 Å². The predicted molar refractivity (Wildman–Crippen MR) is 82.8 cm³/mol. The van der Waals surface area contributed by atoms with Crippen LogP contribution in [0.5, 0.6) is 0 Å². The molecule has 0 spiro atoms. The predicted octanol–water partition coefficient (Wildman–Crippen LogP) is 4.44. The smallest absolute Gasteiger partial charge is 0.0422 e. The molecule has 3 heteroatoms. The van der Waals surface area contributed by atoms with E-state index in [0.717, 1.165) is 5.54 Å². The Labute approximate surface area is 115 Å². The van der Waals surface area contributed by atoms with E-state index in [0.29, 0.717) is 6.04 Å². The van der Waals surface area contributed by atoms with Crippen LogP contribution in [0.1, 0.15) is 26.3 Å². The molecule has 0 aliphatic carbocycles. The van der Waals surface area contributed by atoms with Gasteiger partial charge in [0.25, 0.3) is 0 Å². The average Bonchev–Trinajstić information content (AvgIpc) is 2.32. The quantitative estimate of drug-likeness (QED) is 0.814. The number of hydrogen-bond donors (Lipinski definition) is 1. The summed E-state index contributed by atoms with van der Waals surface area (Å²) in [5, 5.41) is 3.70. The Morgan fingerprint density at radius 3 is 2.71 bits per heavy atom. The highest BCUT2D eigenvalue weighted by Gasteiger charge is 2.30. The molecule has 0 saturated heterocycles. The van der Waals surface area contributed by atoms with E-state index in [-0.39, 0.29) is 0 Å². The van der Waals surface area contributed by atoms with E-state index >= 15 is 0 Å². The molecule has 1 aliphatic rings. The number of nitrogens with one attached hydrogen (secondary N) is 1. The van der Waals surface area contributed by atoms with Crippen LogP contribution in [0.15, 0.2) is 22.7 Å². The standard InChI is InChI=1S/C14H22BrNSi/c1-4-17(5-2)14-9-11-8-12(15)6-7-13(11)16-10(14)3/h6-8,10,14,16-17H,4-5,9H2,1-3H3/t10?,14-/m1/s1. The van der Waals surface area contributed by atoms with Gasteiger partial charge in [0.05, 0.1) is 0 Å². The molecule has 0 radical (unpaired) electrons. The third-order valence-corrected chi connectivity index (χ3v) is 8.82. The van der Waals surface area contributed by atoms with E-state index < -0.39 is 8.80 Å². The highest BCUT2D eigenvalue weighted by Crippen LogP contribution is 2.36. The molecule has 94 valence electrons. The fourth-order valence-electron chi connectivity index (χ4n) is 3.12. The van der Waals surface area contributed by atoms with Crippen LogP contribution >= 0.6 is 15.9 Å². The van der Waals surface area contributed by atoms with Crippen molar-refractivity contribution in [1.82, 2.24) is 0 Å². The van der Waals surface area contributed by atoms with E-state index in [9.17, 15) is 0 Å². The Balaban J connectivity index is 2.24. The van der Waals surface area contributed by atoms with E-state index in [2.05, 4.69) is 60.2 Å². The van der Waals surface area contributed by atoms with Gasteiger partial charge in [-0.2, -0.15) is 0 Å². The molecule has 1 aromatic rings. The van der Waals surface area contributed by atoms with Crippen molar-refractivity contribution in [1.29, 1.82) is 0 Å². The van der Waals surface area contributed by atoms with E-state index in [1.807, 2.05) is 0 Å². The lowest BCUT2D eigenvalue weighted by atomic mass is 9.98. The number of halogens is 1. The molecule has 0 aromatic heterocycles. The normalized spacial score (nSPS) is 23.4. The van der Waals surface area contributed by atoms with Crippen molar-refractivity contribution in [2.24, 2.45) is 0 Å². The van der Waals surface area contributed by atoms with Gasteiger partial charge in [0, 0.05) is 25.0 Å². The van der Waals surface area contributed by atoms with Gasteiger partial charge >= 0.3 is 0 Å². The second kappa shape index (κ2) is 5.57. The lowest BCUT2D eigenvalue weighted by Gasteiger charge is -2.36. The monoisotopic (exact) mass is 311 g/mol. The van der Waals surface area contributed by atoms with Crippen molar-refractivity contribution >= 4 is 30.4 Å². The largest absolute Gasteiger partial charge is 0.382 e. The molecule has 0 fully saturated rings. The Kier molecular flexibility index (Phi) is 4.31. The molecule has 0 bridgehead atoms. The van der Waals surface area contributed by atoms with Crippen LogP contribution in [0.2, 0.25) is 17.6 Å². The first-order valence-electron chi connectivity index (χ1n) is 6.70. The average molecular weight is 312 g/mol. The summed E-state index contributed by atoms with van der Waals surface area (Å²) in [4.78, 5) is 0. The summed E-state index contributed by atoms with van der Waals surface area (Å²) < 4.78 is 1.21. The van der Waals surface area contributed by atoms with Crippen molar-refractivity contribution in [2.75, 3.05) is 5.32 Å². The lowest BCUT2D eigenvalue weighted by molar-refractivity contribution is 0.659. The molecular formula is C14H22BrNSi. The van der Waals surface area contributed by atoms with Crippen LogP contribution in [-0.2, 0) is 6.42 Å². The summed E-state index contributed by atoms with van der Waals surface area (Å²) in [5.74, 6) is 0. The third-order valence-electron chi connectivity index (χ3n) is 4.20. The number of anilines is 1. The minimum absolute atomic E-state index is 0.584. The molecule has 1 heterocycles. The van der Waals surface area contributed by atoms with E-state index in [1.165, 1.54) is 34.2 Å². The Hall–Kier alpha value is -0.283. The lowest BCUT2D eigenvalue weighted by Crippen LogP contribution is -2.37. The van der Waals surface area contributed by atoms with Gasteiger partial charge < -0.3 is 5.32 Å². The fourth-order valence-corrected chi connectivity index (χ4v) is 6.82. The number of rotatable bonds is 3. The van der Waals surface area contributed by atoms with Crippen LogP contribution < -0.4 is 5.32 Å². The molecule has 1 aliphatic heterocycles. The summed E-state index contributed by atoms with van der Waals surface area (Å²) in [6.45, 7) is 7.12. The van der Waals surface area contributed by atoms with Gasteiger partial charge in [0.1, 0.15) is 0 Å². The van der Waals surface area contributed by atoms with Crippen LogP contribution in [0.3, 0.4) is 0 Å². The fraction of sp³-hybridized carbons (Fsp3) is 0.571. The van der Waals surface area contributed by atoms with Gasteiger partial charge in [-0.15, -0.1) is 0 Å². The van der Waals surface area contributed by atoms with Gasteiger partial charge in [-0.3, -0.25) is 0 Å². The molecule has 0 saturated carbocycles. The molecule has 1 unspecified atom stereocenters. The molecular weight excluding hydrogens is 290 g/mol. The highest BCUT2D eigenvalue weighted by molar-refractivity contribution is 9.10. The first-order valence-corrected chi connectivity index (χ1v) is 9.79. The zero-order valence-electron chi connectivity index (χ0n) is 11.0. The minimum atomic E-state index is -0.584. The summed E-state index contributed by atoms with van der Waals surface area (Å²) in [6, 6.07) is 10.1. The Bertz CT molecular complexity index is 390. The Morgan fingerprint density at radius 2 is 2.06 bits per heavy atom. The van der Waals surface area contributed by atoms with E-state index in [1.54, 1.807) is 0 Å². The maximum atomic E-state index is 3.70. The van der Waals surface area contributed by atoms with Crippen molar-refractivity contribution in [3.63, 3.8) is 0 Å². The maximum Gasteiger partial charge on any atom is 0.0422 e. The van der Waals surface area contributed by atoms with Crippen LogP contribution in [-0.4, -0.2) is 14.8 Å². The van der Waals surface area contributed by atoms with Crippen molar-refractivity contribution in [3.8, 4) is 0 Å². The third kappa shape index (κ3) is 2.76. The zero-order chi connectivity index (χ0) is 12.4. The maximum absolute atomic E-state index is 3.70. The van der Waals surface area contributed by atoms with Crippen LogP contribution in [0.4, 0.5) is 5.69 Å². The van der Waals surface area contributed by atoms with Gasteiger partial charge in [-0.25, -0.2) is 0 Å². The van der Waals surface area contributed by atoms with Gasteiger partial charge in [0.15, 0.2) is 0 Å². The summed E-state index contributed by atoms with van der Waals surface area (Å²) in [5.41, 5.74) is 3.76. The van der Waals surface area contributed by atoms with E-state index in [4.69, 9.17) is 0 Å².